The highest BCUT2D eigenvalue weighted by Crippen LogP contribution is 2.24. The van der Waals surface area contributed by atoms with Gasteiger partial charge in [-0.15, -0.1) is 0 Å². The van der Waals surface area contributed by atoms with Crippen molar-refractivity contribution in [3.05, 3.63) is 23.2 Å². The summed E-state index contributed by atoms with van der Waals surface area (Å²) in [6.07, 6.45) is -0.664. The molecule has 1 heterocycles. The molecule has 0 aromatic carbocycles. The van der Waals surface area contributed by atoms with Gasteiger partial charge in [0.25, 0.3) is 5.91 Å². The Morgan fingerprint density at radius 1 is 1.27 bits per heavy atom. The number of carbonyl (C=O) groups excluding carboxylic acids is 1. The zero-order valence-electron chi connectivity index (χ0n) is 14.1. The van der Waals surface area contributed by atoms with Crippen LogP contribution in [0.2, 0.25) is 0 Å². The van der Waals surface area contributed by atoms with Crippen LogP contribution in [0, 0.1) is 0 Å². The predicted molar refractivity (Wildman–Crippen MR) is 81.3 cm³/mol. The summed E-state index contributed by atoms with van der Waals surface area (Å²) in [5, 5.41) is 6.47. The van der Waals surface area contributed by atoms with Gasteiger partial charge in [-0.25, -0.2) is 0 Å². The molecule has 1 rings (SSSR count). The van der Waals surface area contributed by atoms with Gasteiger partial charge in [-0.05, 0) is 6.92 Å². The molecule has 7 heteroatoms. The van der Waals surface area contributed by atoms with Gasteiger partial charge in [-0.3, -0.25) is 4.79 Å². The standard InChI is InChI=1S/C15H24N2O5/c1-9(14(20-6)21-7)12(19-5)13(18)16-11-8-10(22-17-11)15(2,3)4/h8,14H,1-7H3,(H,16,17,18). The molecule has 0 unspecified atom stereocenters. The van der Waals surface area contributed by atoms with Crippen LogP contribution >= 0.6 is 0 Å². The summed E-state index contributed by atoms with van der Waals surface area (Å²) in [5.41, 5.74) is 0.327. The fraction of sp³-hybridized carbons (Fsp3) is 0.600. The Kier molecular flexibility index (Phi) is 6.13. The first kappa shape index (κ1) is 18.2. The number of amides is 1. The number of hydrogen-bond donors (Lipinski definition) is 1. The van der Waals surface area contributed by atoms with Crippen LogP contribution in [-0.2, 0) is 24.4 Å². The van der Waals surface area contributed by atoms with Crippen LogP contribution < -0.4 is 5.32 Å². The van der Waals surface area contributed by atoms with E-state index in [1.54, 1.807) is 13.0 Å². The predicted octanol–water partition coefficient (Wildman–Crippen LogP) is 2.45. The van der Waals surface area contributed by atoms with Crippen LogP contribution in [0.15, 0.2) is 21.9 Å². The van der Waals surface area contributed by atoms with Crippen LogP contribution in [0.3, 0.4) is 0 Å². The summed E-state index contributed by atoms with van der Waals surface area (Å²) in [7, 11) is 4.37. The number of nitrogens with zero attached hydrogens (tertiary/aromatic N) is 1. The topological polar surface area (TPSA) is 82.8 Å². The fourth-order valence-electron chi connectivity index (χ4n) is 1.85. The van der Waals surface area contributed by atoms with Crippen molar-refractivity contribution < 1.29 is 23.5 Å². The van der Waals surface area contributed by atoms with Crippen molar-refractivity contribution in [1.29, 1.82) is 0 Å². The van der Waals surface area contributed by atoms with Crippen molar-refractivity contribution in [1.82, 2.24) is 5.16 Å². The molecule has 22 heavy (non-hydrogen) atoms. The number of rotatable bonds is 6. The Labute approximate surface area is 130 Å². The van der Waals surface area contributed by atoms with E-state index in [1.165, 1.54) is 21.3 Å². The highest BCUT2D eigenvalue weighted by atomic mass is 16.7. The van der Waals surface area contributed by atoms with E-state index >= 15 is 0 Å². The van der Waals surface area contributed by atoms with Gasteiger partial charge in [-0.2, -0.15) is 0 Å². The molecule has 0 saturated heterocycles. The first-order chi connectivity index (χ1) is 10.2. The number of hydrogen-bond acceptors (Lipinski definition) is 6. The summed E-state index contributed by atoms with van der Waals surface area (Å²) in [6.45, 7) is 7.67. The second kappa shape index (κ2) is 7.42. The lowest BCUT2D eigenvalue weighted by atomic mass is 9.93. The molecule has 0 fully saturated rings. The zero-order valence-corrected chi connectivity index (χ0v) is 14.1. The van der Waals surface area contributed by atoms with E-state index in [1.807, 2.05) is 20.8 Å². The Balaban J connectivity index is 2.94. The summed E-state index contributed by atoms with van der Waals surface area (Å²) in [4.78, 5) is 12.3. The molecule has 0 bridgehead atoms. The van der Waals surface area contributed by atoms with Crippen molar-refractivity contribution >= 4 is 11.7 Å². The monoisotopic (exact) mass is 312 g/mol. The summed E-state index contributed by atoms with van der Waals surface area (Å²) < 4.78 is 20.6. The molecular weight excluding hydrogens is 288 g/mol. The van der Waals surface area contributed by atoms with Gasteiger partial charge in [0.05, 0.1) is 7.11 Å². The first-order valence-corrected chi connectivity index (χ1v) is 6.83. The minimum Gasteiger partial charge on any atom is -0.491 e. The molecule has 7 nitrogen and oxygen atoms in total. The van der Waals surface area contributed by atoms with Crippen LogP contribution in [0.5, 0.6) is 0 Å². The molecule has 0 aliphatic carbocycles. The lowest BCUT2D eigenvalue weighted by Crippen LogP contribution is -2.23. The summed E-state index contributed by atoms with van der Waals surface area (Å²) >= 11 is 0. The molecule has 0 aliphatic heterocycles. The highest BCUT2D eigenvalue weighted by molar-refractivity contribution is 6.02. The number of ether oxygens (including phenoxy) is 3. The molecule has 1 N–H and O–H groups in total. The van der Waals surface area contributed by atoms with E-state index in [-0.39, 0.29) is 11.2 Å². The highest BCUT2D eigenvalue weighted by Gasteiger charge is 2.23. The summed E-state index contributed by atoms with van der Waals surface area (Å²) in [5.74, 6) is 0.652. The van der Waals surface area contributed by atoms with Crippen molar-refractivity contribution in [3.8, 4) is 0 Å². The summed E-state index contributed by atoms with van der Waals surface area (Å²) in [6, 6.07) is 1.69. The maximum Gasteiger partial charge on any atom is 0.292 e. The molecule has 1 aromatic rings. The molecule has 0 spiro atoms. The van der Waals surface area contributed by atoms with Gasteiger partial charge >= 0.3 is 0 Å². The number of carbonyl (C=O) groups is 1. The Bertz CT molecular complexity index is 538. The molecule has 0 saturated carbocycles. The van der Waals surface area contributed by atoms with Crippen molar-refractivity contribution in [2.45, 2.75) is 39.4 Å². The molecule has 1 amide bonds. The van der Waals surface area contributed by atoms with Crippen LogP contribution in [0.4, 0.5) is 5.82 Å². The Hall–Kier alpha value is -1.86. The Morgan fingerprint density at radius 3 is 2.27 bits per heavy atom. The average Bonchev–Trinajstić information content (AvgIpc) is 2.89. The average molecular weight is 312 g/mol. The van der Waals surface area contributed by atoms with Crippen molar-refractivity contribution in [3.63, 3.8) is 0 Å². The normalized spacial score (nSPS) is 13.1. The molecule has 1 aromatic heterocycles. The van der Waals surface area contributed by atoms with E-state index in [4.69, 9.17) is 18.7 Å². The molecular formula is C15H24N2O5. The molecule has 0 radical (unpaired) electrons. The number of nitrogens with one attached hydrogen (secondary N) is 1. The van der Waals surface area contributed by atoms with Gasteiger partial charge in [-0.1, -0.05) is 25.9 Å². The van der Waals surface area contributed by atoms with E-state index in [0.29, 0.717) is 17.2 Å². The van der Waals surface area contributed by atoms with Gasteiger partial charge in [0.1, 0.15) is 5.76 Å². The van der Waals surface area contributed by atoms with Gasteiger partial charge in [0, 0.05) is 31.3 Å². The molecule has 124 valence electrons. The minimum atomic E-state index is -0.664. The smallest absolute Gasteiger partial charge is 0.292 e. The van der Waals surface area contributed by atoms with Crippen molar-refractivity contribution in [2.75, 3.05) is 26.6 Å². The Morgan fingerprint density at radius 2 is 1.86 bits per heavy atom. The second-order valence-corrected chi connectivity index (χ2v) is 5.80. The third-order valence-electron chi connectivity index (χ3n) is 3.04. The largest absolute Gasteiger partial charge is 0.491 e. The van der Waals surface area contributed by atoms with E-state index < -0.39 is 12.2 Å². The number of anilines is 1. The maximum absolute atomic E-state index is 12.3. The van der Waals surface area contributed by atoms with Gasteiger partial charge in [0.15, 0.2) is 17.9 Å². The van der Waals surface area contributed by atoms with Crippen LogP contribution in [-0.4, -0.2) is 38.7 Å². The molecule has 0 aliphatic rings. The van der Waals surface area contributed by atoms with Gasteiger partial charge in [0.2, 0.25) is 0 Å². The quantitative estimate of drug-likeness (QED) is 0.493. The lowest BCUT2D eigenvalue weighted by molar-refractivity contribution is -0.117. The number of aromatic nitrogens is 1. The fourth-order valence-corrected chi connectivity index (χ4v) is 1.85. The van der Waals surface area contributed by atoms with E-state index in [9.17, 15) is 4.79 Å². The lowest BCUT2D eigenvalue weighted by Gasteiger charge is -2.17. The van der Waals surface area contributed by atoms with Crippen molar-refractivity contribution in [2.24, 2.45) is 0 Å². The second-order valence-electron chi connectivity index (χ2n) is 5.80. The van der Waals surface area contributed by atoms with Crippen LogP contribution in [0.1, 0.15) is 33.5 Å². The maximum atomic E-state index is 12.3. The number of methoxy groups -OCH3 is 3. The van der Waals surface area contributed by atoms with Crippen LogP contribution in [0.25, 0.3) is 0 Å². The minimum absolute atomic E-state index is 0.106. The SMILES string of the molecule is COC(C(=O)Nc1cc(C(C)(C)C)on1)=C(C)C(OC)OC. The third kappa shape index (κ3) is 4.32. The third-order valence-corrected chi connectivity index (χ3v) is 3.04. The zero-order chi connectivity index (χ0) is 16.9. The van der Waals surface area contributed by atoms with E-state index in [2.05, 4.69) is 10.5 Å². The van der Waals surface area contributed by atoms with Gasteiger partial charge < -0.3 is 24.1 Å². The molecule has 0 atom stereocenters. The first-order valence-electron chi connectivity index (χ1n) is 6.83. The van der Waals surface area contributed by atoms with E-state index in [0.717, 1.165) is 0 Å².